The largest absolute Gasteiger partial charge is 0.352 e. The molecule has 82 valence electrons. The molecule has 1 aliphatic heterocycles. The molecule has 0 radical (unpaired) electrons. The molecule has 0 spiro atoms. The number of urea groups is 1. The number of hydrogen-bond donors (Lipinski definition) is 2. The lowest BCUT2D eigenvalue weighted by molar-refractivity contribution is 0.0738. The van der Waals surface area contributed by atoms with Crippen LogP contribution >= 0.6 is 0 Å². The first kappa shape index (κ1) is 11.2. The molecule has 0 aromatic rings. The van der Waals surface area contributed by atoms with Gasteiger partial charge in [-0.3, -0.25) is 4.90 Å². The maximum Gasteiger partial charge on any atom is 0.312 e. The number of carbonyl (C=O) groups is 1. The summed E-state index contributed by atoms with van der Waals surface area (Å²) in [6.07, 6.45) is -0.902. The van der Waals surface area contributed by atoms with Crippen molar-refractivity contribution in [3.63, 3.8) is 0 Å². The maximum absolute atomic E-state index is 12.0. The van der Waals surface area contributed by atoms with Gasteiger partial charge < -0.3 is 11.1 Å². The van der Waals surface area contributed by atoms with E-state index in [-0.39, 0.29) is 12.6 Å². The molecule has 1 rings (SSSR count). The zero-order valence-electron chi connectivity index (χ0n) is 7.88. The number of nitrogens with two attached hydrogens (primary N) is 1. The van der Waals surface area contributed by atoms with E-state index in [2.05, 4.69) is 5.32 Å². The lowest BCUT2D eigenvalue weighted by atomic mass is 10.1. The molecule has 1 fully saturated rings. The number of nitrogens with one attached hydrogen (secondary N) is 1. The van der Waals surface area contributed by atoms with Crippen molar-refractivity contribution in [2.45, 2.75) is 25.3 Å². The van der Waals surface area contributed by atoms with Crippen LogP contribution in [0.5, 0.6) is 0 Å². The monoisotopic (exact) mass is 207 g/mol. The van der Waals surface area contributed by atoms with Crippen LogP contribution < -0.4 is 11.1 Å². The Balaban J connectivity index is 2.21. The zero-order chi connectivity index (χ0) is 10.6. The Hall–Kier alpha value is -0.910. The maximum atomic E-state index is 12.0. The smallest absolute Gasteiger partial charge is 0.312 e. The quantitative estimate of drug-likeness (QED) is 0.703. The third-order valence-electron chi connectivity index (χ3n) is 2.33. The SMILES string of the molecule is NC(=O)NC1CCN(CC(F)F)CC1. The van der Waals surface area contributed by atoms with E-state index in [1.807, 2.05) is 0 Å². The molecule has 1 saturated heterocycles. The molecule has 0 unspecified atom stereocenters. The molecule has 3 N–H and O–H groups in total. The van der Waals surface area contributed by atoms with Crippen molar-refractivity contribution in [2.24, 2.45) is 5.73 Å². The summed E-state index contributed by atoms with van der Waals surface area (Å²) in [6.45, 7) is 1.01. The Labute approximate surface area is 81.4 Å². The van der Waals surface area contributed by atoms with Crippen molar-refractivity contribution in [2.75, 3.05) is 19.6 Å². The summed E-state index contributed by atoms with van der Waals surface area (Å²) < 4.78 is 24.0. The number of hydrogen-bond acceptors (Lipinski definition) is 2. The summed E-state index contributed by atoms with van der Waals surface area (Å²) in [5, 5.41) is 2.58. The molecular weight excluding hydrogens is 192 g/mol. The van der Waals surface area contributed by atoms with Crippen molar-refractivity contribution < 1.29 is 13.6 Å². The van der Waals surface area contributed by atoms with Crippen molar-refractivity contribution in [3.05, 3.63) is 0 Å². The van der Waals surface area contributed by atoms with Crippen LogP contribution in [0, 0.1) is 0 Å². The predicted octanol–water partition coefficient (Wildman–Crippen LogP) is 0.384. The van der Waals surface area contributed by atoms with Gasteiger partial charge in [-0.05, 0) is 12.8 Å². The van der Waals surface area contributed by atoms with Crippen molar-refractivity contribution in [1.82, 2.24) is 10.2 Å². The fourth-order valence-electron chi connectivity index (χ4n) is 1.66. The summed E-state index contributed by atoms with van der Waals surface area (Å²) in [5.41, 5.74) is 4.96. The summed E-state index contributed by atoms with van der Waals surface area (Å²) in [4.78, 5) is 12.2. The Kier molecular flexibility index (Phi) is 4.06. The van der Waals surface area contributed by atoms with Gasteiger partial charge in [-0.15, -0.1) is 0 Å². The first-order valence-electron chi connectivity index (χ1n) is 4.64. The molecule has 2 amide bonds. The molecule has 0 aromatic heterocycles. The minimum atomic E-state index is -2.28. The van der Waals surface area contributed by atoms with Gasteiger partial charge in [0.15, 0.2) is 0 Å². The zero-order valence-corrected chi connectivity index (χ0v) is 7.88. The number of rotatable bonds is 3. The average molecular weight is 207 g/mol. The first-order valence-corrected chi connectivity index (χ1v) is 4.64. The highest BCUT2D eigenvalue weighted by atomic mass is 19.3. The van der Waals surface area contributed by atoms with Gasteiger partial charge in [-0.1, -0.05) is 0 Å². The third kappa shape index (κ3) is 3.87. The molecule has 0 aromatic carbocycles. The Bertz CT molecular complexity index is 193. The van der Waals surface area contributed by atoms with E-state index in [4.69, 9.17) is 5.73 Å². The number of piperidine rings is 1. The standard InChI is InChI=1S/C8H15F2N3O/c9-7(10)5-13-3-1-6(2-4-13)12-8(11)14/h6-7H,1-5H2,(H3,11,12,14). The van der Waals surface area contributed by atoms with E-state index in [0.717, 1.165) is 0 Å². The van der Waals surface area contributed by atoms with Crippen LogP contribution in [0.15, 0.2) is 0 Å². The molecule has 4 nitrogen and oxygen atoms in total. The topological polar surface area (TPSA) is 58.4 Å². The van der Waals surface area contributed by atoms with Crippen LogP contribution in [0.1, 0.15) is 12.8 Å². The van der Waals surface area contributed by atoms with Crippen LogP contribution in [0.3, 0.4) is 0 Å². The Morgan fingerprint density at radius 3 is 2.50 bits per heavy atom. The van der Waals surface area contributed by atoms with Gasteiger partial charge in [0.25, 0.3) is 6.43 Å². The number of amides is 2. The van der Waals surface area contributed by atoms with Crippen LogP contribution in [0.4, 0.5) is 13.6 Å². The number of alkyl halides is 2. The van der Waals surface area contributed by atoms with Gasteiger partial charge >= 0.3 is 6.03 Å². The second-order valence-electron chi connectivity index (χ2n) is 3.47. The van der Waals surface area contributed by atoms with Gasteiger partial charge in [0.2, 0.25) is 0 Å². The van der Waals surface area contributed by atoms with E-state index in [1.165, 1.54) is 0 Å². The highest BCUT2D eigenvalue weighted by molar-refractivity contribution is 5.71. The van der Waals surface area contributed by atoms with Gasteiger partial charge in [0.1, 0.15) is 0 Å². The average Bonchev–Trinajstić information content (AvgIpc) is 2.06. The lowest BCUT2D eigenvalue weighted by Crippen LogP contribution is -2.47. The summed E-state index contributed by atoms with van der Waals surface area (Å²) >= 11 is 0. The van der Waals surface area contributed by atoms with E-state index in [9.17, 15) is 13.6 Å². The van der Waals surface area contributed by atoms with Gasteiger partial charge in [0, 0.05) is 19.1 Å². The van der Waals surface area contributed by atoms with Crippen LogP contribution in [0.2, 0.25) is 0 Å². The third-order valence-corrected chi connectivity index (χ3v) is 2.33. The molecule has 0 bridgehead atoms. The summed E-state index contributed by atoms with van der Waals surface area (Å²) in [7, 11) is 0. The van der Waals surface area contributed by atoms with Gasteiger partial charge in [-0.25, -0.2) is 13.6 Å². The van der Waals surface area contributed by atoms with Gasteiger partial charge in [0.05, 0.1) is 6.54 Å². The normalized spacial score (nSPS) is 19.9. The summed E-state index contributed by atoms with van der Waals surface area (Å²) in [6, 6.07) is -0.501. The second-order valence-corrected chi connectivity index (χ2v) is 3.47. The predicted molar refractivity (Wildman–Crippen MR) is 48.2 cm³/mol. The molecule has 0 saturated carbocycles. The molecule has 0 atom stereocenters. The molecule has 6 heteroatoms. The second kappa shape index (κ2) is 5.09. The van der Waals surface area contributed by atoms with E-state index in [0.29, 0.717) is 25.9 Å². The molecular formula is C8H15F2N3O. The van der Waals surface area contributed by atoms with Crippen LogP contribution in [0.25, 0.3) is 0 Å². The van der Waals surface area contributed by atoms with Gasteiger partial charge in [-0.2, -0.15) is 0 Å². The number of primary amides is 1. The van der Waals surface area contributed by atoms with Crippen molar-refractivity contribution in [3.8, 4) is 0 Å². The number of halogens is 2. The fourth-order valence-corrected chi connectivity index (χ4v) is 1.66. The highest BCUT2D eigenvalue weighted by Crippen LogP contribution is 2.11. The van der Waals surface area contributed by atoms with E-state index in [1.54, 1.807) is 4.90 Å². The lowest BCUT2D eigenvalue weighted by Gasteiger charge is -2.31. The van der Waals surface area contributed by atoms with Crippen LogP contribution in [-0.4, -0.2) is 43.0 Å². The first-order chi connectivity index (χ1) is 6.58. The molecule has 0 aliphatic carbocycles. The minimum Gasteiger partial charge on any atom is -0.352 e. The van der Waals surface area contributed by atoms with E-state index < -0.39 is 12.5 Å². The Morgan fingerprint density at radius 1 is 1.50 bits per heavy atom. The van der Waals surface area contributed by atoms with E-state index >= 15 is 0 Å². The minimum absolute atomic E-state index is 0.0430. The van der Waals surface area contributed by atoms with Crippen molar-refractivity contribution in [1.29, 1.82) is 0 Å². The fraction of sp³-hybridized carbons (Fsp3) is 0.875. The molecule has 1 heterocycles. The number of carbonyl (C=O) groups excluding carboxylic acids is 1. The Morgan fingerprint density at radius 2 is 2.07 bits per heavy atom. The number of likely N-dealkylation sites (tertiary alicyclic amines) is 1. The number of nitrogens with zero attached hydrogens (tertiary/aromatic N) is 1. The molecule has 1 aliphatic rings. The van der Waals surface area contributed by atoms with Crippen LogP contribution in [-0.2, 0) is 0 Å². The highest BCUT2D eigenvalue weighted by Gasteiger charge is 2.21. The summed E-state index contributed by atoms with van der Waals surface area (Å²) in [5.74, 6) is 0. The molecule has 14 heavy (non-hydrogen) atoms. The van der Waals surface area contributed by atoms with Crippen molar-refractivity contribution >= 4 is 6.03 Å².